The molecule has 7 heteroatoms. The highest BCUT2D eigenvalue weighted by Crippen LogP contribution is 2.37. The van der Waals surface area contributed by atoms with Gasteiger partial charge in [0.25, 0.3) is 5.91 Å². The summed E-state index contributed by atoms with van der Waals surface area (Å²) in [5.41, 5.74) is -1.28. The van der Waals surface area contributed by atoms with Crippen molar-refractivity contribution in [2.24, 2.45) is 11.3 Å². The zero-order valence-corrected chi connectivity index (χ0v) is 11.6. The summed E-state index contributed by atoms with van der Waals surface area (Å²) < 4.78 is 14.6. The molecule has 2 atom stereocenters. The Balaban J connectivity index is 5.31. The molecular weight excluding hydrogens is 239 g/mol. The number of alkyl halides is 1. The first-order valence-electron chi connectivity index (χ1n) is 5.81. The highest BCUT2D eigenvalue weighted by molar-refractivity contribution is 5.89. The normalized spacial score (nSPS) is 16.6. The third kappa shape index (κ3) is 2.97. The van der Waals surface area contributed by atoms with Gasteiger partial charge in [-0.1, -0.05) is 13.8 Å². The Kier molecular flexibility index (Phi) is 5.69. The van der Waals surface area contributed by atoms with Gasteiger partial charge in [-0.15, -0.1) is 0 Å². The molecule has 0 aromatic heterocycles. The van der Waals surface area contributed by atoms with Crippen molar-refractivity contribution in [3.63, 3.8) is 0 Å². The summed E-state index contributed by atoms with van der Waals surface area (Å²) in [6.45, 7) is 6.22. The molecule has 0 spiro atoms. The predicted octanol–water partition coefficient (Wildman–Crippen LogP) is -0.545. The molecule has 0 heterocycles. The van der Waals surface area contributed by atoms with E-state index >= 15 is 0 Å². The van der Waals surface area contributed by atoms with Gasteiger partial charge in [-0.3, -0.25) is 15.4 Å². The highest BCUT2D eigenvalue weighted by Gasteiger charge is 2.53. The quantitative estimate of drug-likeness (QED) is 0.382. The van der Waals surface area contributed by atoms with E-state index in [1.165, 1.54) is 20.9 Å². The summed E-state index contributed by atoms with van der Waals surface area (Å²) in [5.74, 6) is 4.08. The van der Waals surface area contributed by atoms with Crippen LogP contribution in [0.15, 0.2) is 0 Å². The molecule has 0 saturated heterocycles. The Labute approximate surface area is 107 Å². The molecule has 0 fully saturated rings. The number of hydrogen-bond acceptors (Lipinski definition) is 4. The Hall–Kier alpha value is -1.21. The molecule has 0 saturated carbocycles. The molecule has 0 aromatic rings. The second-order valence-electron chi connectivity index (χ2n) is 4.80. The molecule has 5 N–H and O–H groups in total. The number of nitrogens with two attached hydrogens (primary N) is 1. The standard InChI is InChI=1S/C11H23FN4O2/c1-6-15-8(17)7(16-13)10(2,3)11(4,12)9(18)14-5/h7,16H,6,13H2,1-5H3,(H,14,18)(H,15,17). The molecule has 0 bridgehead atoms. The number of hydrogen-bond donors (Lipinski definition) is 4. The number of halogens is 1. The van der Waals surface area contributed by atoms with Crippen LogP contribution in [-0.4, -0.2) is 37.1 Å². The molecular formula is C11H23FN4O2. The number of carbonyl (C=O) groups is 2. The minimum Gasteiger partial charge on any atom is -0.356 e. The van der Waals surface area contributed by atoms with E-state index < -0.39 is 28.9 Å². The minimum atomic E-state index is -2.25. The summed E-state index contributed by atoms with van der Waals surface area (Å²) in [6, 6.07) is -1.02. The zero-order valence-electron chi connectivity index (χ0n) is 11.6. The molecule has 0 aliphatic rings. The SMILES string of the molecule is CCNC(=O)C(NN)C(C)(C)C(C)(F)C(=O)NC. The van der Waals surface area contributed by atoms with Gasteiger partial charge in [0, 0.05) is 19.0 Å². The molecule has 0 aliphatic carbocycles. The van der Waals surface area contributed by atoms with Gasteiger partial charge < -0.3 is 10.6 Å². The maximum Gasteiger partial charge on any atom is 0.257 e. The first kappa shape index (κ1) is 16.8. The number of nitrogens with one attached hydrogen (secondary N) is 3. The van der Waals surface area contributed by atoms with Crippen LogP contribution < -0.4 is 21.9 Å². The Bertz CT molecular complexity index is 318. The van der Waals surface area contributed by atoms with E-state index in [1.807, 2.05) is 0 Å². The number of likely N-dealkylation sites (N-methyl/N-ethyl adjacent to an activating group) is 1. The van der Waals surface area contributed by atoms with Crippen molar-refractivity contribution in [1.82, 2.24) is 16.1 Å². The number of amides is 2. The van der Waals surface area contributed by atoms with Crippen molar-refractivity contribution in [3.8, 4) is 0 Å². The van der Waals surface area contributed by atoms with Crippen LogP contribution in [0.1, 0.15) is 27.7 Å². The Morgan fingerprint density at radius 1 is 1.33 bits per heavy atom. The lowest BCUT2D eigenvalue weighted by molar-refractivity contribution is -0.144. The second-order valence-corrected chi connectivity index (χ2v) is 4.80. The van der Waals surface area contributed by atoms with Crippen LogP contribution in [0.3, 0.4) is 0 Å². The van der Waals surface area contributed by atoms with Crippen LogP contribution in [0, 0.1) is 5.41 Å². The average Bonchev–Trinajstić information content (AvgIpc) is 2.28. The molecule has 0 rings (SSSR count). The van der Waals surface area contributed by atoms with Crippen molar-refractivity contribution < 1.29 is 14.0 Å². The van der Waals surface area contributed by atoms with E-state index in [-0.39, 0.29) is 0 Å². The lowest BCUT2D eigenvalue weighted by atomic mass is 9.71. The third-order valence-corrected chi connectivity index (χ3v) is 3.37. The fraction of sp³-hybridized carbons (Fsp3) is 0.818. The molecule has 0 aliphatic heterocycles. The summed E-state index contributed by atoms with van der Waals surface area (Å²) >= 11 is 0. The summed E-state index contributed by atoms with van der Waals surface area (Å²) in [5, 5.41) is 4.80. The van der Waals surface area contributed by atoms with E-state index in [4.69, 9.17) is 5.84 Å². The molecule has 2 amide bonds. The van der Waals surface area contributed by atoms with Crippen molar-refractivity contribution in [2.45, 2.75) is 39.4 Å². The van der Waals surface area contributed by atoms with E-state index in [0.717, 1.165) is 6.92 Å². The Morgan fingerprint density at radius 3 is 2.17 bits per heavy atom. The topological polar surface area (TPSA) is 96.2 Å². The minimum absolute atomic E-state index is 0.399. The maximum atomic E-state index is 14.6. The van der Waals surface area contributed by atoms with Crippen molar-refractivity contribution in [3.05, 3.63) is 0 Å². The third-order valence-electron chi connectivity index (χ3n) is 3.37. The maximum absolute atomic E-state index is 14.6. The van der Waals surface area contributed by atoms with Crippen LogP contribution in [0.4, 0.5) is 4.39 Å². The first-order valence-corrected chi connectivity index (χ1v) is 5.81. The largest absolute Gasteiger partial charge is 0.356 e. The molecule has 2 unspecified atom stereocenters. The van der Waals surface area contributed by atoms with Crippen molar-refractivity contribution in [1.29, 1.82) is 0 Å². The molecule has 106 valence electrons. The molecule has 18 heavy (non-hydrogen) atoms. The predicted molar refractivity (Wildman–Crippen MR) is 67.2 cm³/mol. The van der Waals surface area contributed by atoms with Gasteiger partial charge in [0.15, 0.2) is 5.67 Å². The fourth-order valence-electron chi connectivity index (χ4n) is 1.69. The van der Waals surface area contributed by atoms with Gasteiger partial charge in [0.1, 0.15) is 6.04 Å². The fourth-order valence-corrected chi connectivity index (χ4v) is 1.69. The second kappa shape index (κ2) is 6.10. The lowest BCUT2D eigenvalue weighted by Gasteiger charge is -2.41. The molecule has 6 nitrogen and oxygen atoms in total. The van der Waals surface area contributed by atoms with E-state index in [9.17, 15) is 14.0 Å². The Morgan fingerprint density at radius 2 is 1.83 bits per heavy atom. The van der Waals surface area contributed by atoms with Gasteiger partial charge in [-0.05, 0) is 13.8 Å². The van der Waals surface area contributed by atoms with Crippen molar-refractivity contribution >= 4 is 11.8 Å². The molecule has 0 radical (unpaired) electrons. The van der Waals surface area contributed by atoms with Gasteiger partial charge in [-0.25, -0.2) is 9.82 Å². The van der Waals surface area contributed by atoms with E-state index in [2.05, 4.69) is 16.1 Å². The number of rotatable bonds is 6. The average molecular weight is 262 g/mol. The first-order chi connectivity index (χ1) is 8.16. The zero-order chi connectivity index (χ0) is 14.6. The van der Waals surface area contributed by atoms with Crippen LogP contribution in [0.2, 0.25) is 0 Å². The van der Waals surface area contributed by atoms with E-state index in [0.29, 0.717) is 6.54 Å². The number of carbonyl (C=O) groups excluding carboxylic acids is 2. The van der Waals surface area contributed by atoms with Crippen LogP contribution in [0.25, 0.3) is 0 Å². The van der Waals surface area contributed by atoms with Crippen molar-refractivity contribution in [2.75, 3.05) is 13.6 Å². The van der Waals surface area contributed by atoms with Gasteiger partial charge in [-0.2, -0.15) is 0 Å². The molecule has 0 aromatic carbocycles. The van der Waals surface area contributed by atoms with Crippen LogP contribution in [-0.2, 0) is 9.59 Å². The van der Waals surface area contributed by atoms with Gasteiger partial charge >= 0.3 is 0 Å². The van der Waals surface area contributed by atoms with E-state index in [1.54, 1.807) is 6.92 Å². The van der Waals surface area contributed by atoms with Crippen LogP contribution >= 0.6 is 0 Å². The summed E-state index contributed by atoms with van der Waals surface area (Å²) in [6.07, 6.45) is 0. The number of hydrazine groups is 1. The van der Waals surface area contributed by atoms with Crippen LogP contribution in [0.5, 0.6) is 0 Å². The van der Waals surface area contributed by atoms with Gasteiger partial charge in [0.2, 0.25) is 5.91 Å². The van der Waals surface area contributed by atoms with Gasteiger partial charge in [0.05, 0.1) is 0 Å². The smallest absolute Gasteiger partial charge is 0.257 e. The summed E-state index contributed by atoms with van der Waals surface area (Å²) in [7, 11) is 1.34. The summed E-state index contributed by atoms with van der Waals surface area (Å²) in [4.78, 5) is 23.4. The lowest BCUT2D eigenvalue weighted by Crippen LogP contribution is -2.64. The highest BCUT2D eigenvalue weighted by atomic mass is 19.1. The monoisotopic (exact) mass is 262 g/mol.